The van der Waals surface area contributed by atoms with Crippen LogP contribution in [0, 0.1) is 13.8 Å². The summed E-state index contributed by atoms with van der Waals surface area (Å²) < 4.78 is 0. The number of phenolic OH excluding ortho intramolecular Hbond substituents is 2. The monoisotopic (exact) mass is 580 g/mol. The number of phenols is 2. The normalized spacial score (nSPS) is 16.4. The van der Waals surface area contributed by atoms with Gasteiger partial charge in [0.25, 0.3) is 0 Å². The van der Waals surface area contributed by atoms with Crippen molar-refractivity contribution in [2.75, 3.05) is 39.3 Å². The van der Waals surface area contributed by atoms with Gasteiger partial charge in [0, 0.05) is 50.4 Å². The molecule has 0 fully saturated rings. The van der Waals surface area contributed by atoms with Crippen molar-refractivity contribution in [1.82, 2.24) is 9.80 Å². The summed E-state index contributed by atoms with van der Waals surface area (Å²) in [6.45, 7) is 6.17. The Morgan fingerprint density at radius 1 is 0.744 bits per heavy atom. The maximum absolute atomic E-state index is 12.5. The third-order valence-corrected chi connectivity index (χ3v) is 6.46. The zero-order valence-corrected chi connectivity index (χ0v) is 23.2. The van der Waals surface area contributed by atoms with Gasteiger partial charge in [0.15, 0.2) is 12.6 Å². The van der Waals surface area contributed by atoms with E-state index in [2.05, 4.69) is 9.98 Å². The predicted octanol–water partition coefficient (Wildman–Crippen LogP) is 0.953. The van der Waals surface area contributed by atoms with Crippen molar-refractivity contribution in [2.24, 2.45) is 9.98 Å². The van der Waals surface area contributed by atoms with Gasteiger partial charge in [-0.1, -0.05) is 12.1 Å². The number of aryl methyl sites for hydroxylation is 2. The van der Waals surface area contributed by atoms with Crippen LogP contribution in [0.3, 0.4) is 0 Å². The Hall–Kier alpha value is -3.27. The number of aromatic hydroxyl groups is 2. The average Bonchev–Trinajstić information content (AvgIpc) is 2.88. The molecule has 39 heavy (non-hydrogen) atoms. The molecule has 2 aromatic carbocycles. The van der Waals surface area contributed by atoms with Gasteiger partial charge in [-0.25, -0.2) is 0 Å². The first-order valence-electron chi connectivity index (χ1n) is 12.6. The number of nitrogens with zero attached hydrogens (tertiary/aromatic N) is 4. The van der Waals surface area contributed by atoms with Crippen molar-refractivity contribution >= 4 is 24.4 Å². The van der Waals surface area contributed by atoms with Crippen LogP contribution in [-0.4, -0.2) is 83.6 Å². The first kappa shape index (κ1) is 31.9. The molecule has 0 aliphatic carbocycles. The van der Waals surface area contributed by atoms with E-state index >= 15 is 0 Å². The van der Waals surface area contributed by atoms with Crippen LogP contribution in [0.5, 0.6) is 11.5 Å². The molecule has 0 bridgehead atoms. The first-order chi connectivity index (χ1) is 18.2. The molecule has 0 spiro atoms. The van der Waals surface area contributed by atoms with Crippen molar-refractivity contribution in [2.45, 2.75) is 39.8 Å². The summed E-state index contributed by atoms with van der Waals surface area (Å²) >= 11 is 0. The topological polar surface area (TPSA) is 152 Å². The Morgan fingerprint density at radius 2 is 1.13 bits per heavy atom. The van der Waals surface area contributed by atoms with E-state index in [1.807, 2.05) is 23.6 Å². The average molecular weight is 581 g/mol. The van der Waals surface area contributed by atoms with Crippen molar-refractivity contribution in [3.63, 3.8) is 0 Å². The molecular formula is C28H34N4NiO6. The Bertz CT molecular complexity index is 1120. The predicted molar refractivity (Wildman–Crippen MR) is 141 cm³/mol. The van der Waals surface area contributed by atoms with E-state index in [4.69, 9.17) is 0 Å². The number of hydrogen-bond acceptors (Lipinski definition) is 10. The summed E-state index contributed by atoms with van der Waals surface area (Å²) in [4.78, 5) is 34.7. The van der Waals surface area contributed by atoms with E-state index in [0.717, 1.165) is 11.1 Å². The molecule has 3 rings (SSSR count). The minimum Gasteiger partial charge on any atom is -0.862 e. The van der Waals surface area contributed by atoms with Gasteiger partial charge < -0.3 is 30.4 Å². The molecule has 0 unspecified atom stereocenters. The minimum atomic E-state index is -0.260. The van der Waals surface area contributed by atoms with Gasteiger partial charge in [0.05, 0.1) is 24.2 Å². The van der Waals surface area contributed by atoms with E-state index in [1.165, 1.54) is 0 Å². The number of carbonyl (C=O) groups excluding carboxylic acids is 2. The van der Waals surface area contributed by atoms with Gasteiger partial charge in [0.1, 0.15) is 11.5 Å². The molecule has 1 aliphatic heterocycles. The third kappa shape index (κ3) is 9.46. The van der Waals surface area contributed by atoms with Crippen molar-refractivity contribution < 1.29 is 46.5 Å². The second kappa shape index (κ2) is 15.4. The quantitative estimate of drug-likeness (QED) is 0.378. The summed E-state index contributed by atoms with van der Waals surface area (Å²) in [6, 6.07) is 6.80. The molecule has 212 valence electrons. The van der Waals surface area contributed by atoms with E-state index in [-0.39, 0.29) is 76.8 Å². The van der Waals surface area contributed by atoms with Gasteiger partial charge in [-0.3, -0.25) is 19.4 Å². The summed E-state index contributed by atoms with van der Waals surface area (Å²) in [5, 5.41) is 45.9. The molecule has 0 saturated heterocycles. The molecule has 1 heterocycles. The number of benzene rings is 2. The number of aldehydes is 2. The van der Waals surface area contributed by atoms with Gasteiger partial charge in [-0.05, 0) is 61.7 Å². The molecule has 0 atom stereocenters. The molecular weight excluding hydrogens is 547 g/mol. The zero-order valence-electron chi connectivity index (χ0n) is 22.2. The standard InChI is InChI=1S/C28H36N4O6.Ni/c1-19-11-21(27(37)23(13-19)17-33)15-31-7-3-25(35)30-6-10-32(8-4-26(36)29-5-9-31)16-22-12-20(2)14-24(18-34)28(22)38;/h11-14,17-18,37-38H,3-10,15-16H2,1-2H3,(H,29,36)(H,30,35);/q;+2/p-2. The van der Waals surface area contributed by atoms with Gasteiger partial charge in [0.2, 0.25) is 0 Å². The fraction of sp³-hybridized carbons (Fsp3) is 0.429. The van der Waals surface area contributed by atoms with Crippen molar-refractivity contribution in [3.05, 3.63) is 57.6 Å². The van der Waals surface area contributed by atoms with Crippen LogP contribution in [0.2, 0.25) is 0 Å². The van der Waals surface area contributed by atoms with E-state index in [9.17, 15) is 30.0 Å². The molecule has 0 saturated carbocycles. The Morgan fingerprint density at radius 3 is 1.49 bits per heavy atom. The summed E-state index contributed by atoms with van der Waals surface area (Å²) in [7, 11) is 0. The number of carbonyl (C=O) groups is 2. The summed E-state index contributed by atoms with van der Waals surface area (Å²) in [5.41, 5.74) is 3.21. The SMILES string of the molecule is Cc1cc(C=O)c(O)c(CN2CCN=C([O-])CCN(Cc3cc(C)cc(C=O)c3O)CCN=C([O-])CC2)c1.[Ni+2]. The van der Waals surface area contributed by atoms with E-state index < -0.39 is 0 Å². The number of rotatable bonds is 6. The maximum Gasteiger partial charge on any atom is 2.00 e. The van der Waals surface area contributed by atoms with Crippen LogP contribution in [0.15, 0.2) is 34.3 Å². The number of aliphatic imine (C=N–C) groups is 2. The second-order valence-electron chi connectivity index (χ2n) is 9.56. The van der Waals surface area contributed by atoms with Gasteiger partial charge in [-0.2, -0.15) is 0 Å². The minimum absolute atomic E-state index is 0. The second-order valence-corrected chi connectivity index (χ2v) is 9.56. The number of hydrogen-bond donors (Lipinski definition) is 2. The fourth-order valence-corrected chi connectivity index (χ4v) is 4.51. The Balaban J connectivity index is 0.00000533. The largest absolute Gasteiger partial charge is 2.00 e. The smallest absolute Gasteiger partial charge is 0.862 e. The molecule has 0 aromatic heterocycles. The van der Waals surface area contributed by atoms with Crippen LogP contribution in [0.25, 0.3) is 0 Å². The maximum atomic E-state index is 12.5. The van der Waals surface area contributed by atoms with Gasteiger partial charge >= 0.3 is 16.5 Å². The molecule has 11 heteroatoms. The molecule has 1 aliphatic rings. The van der Waals surface area contributed by atoms with Crippen molar-refractivity contribution in [3.8, 4) is 11.5 Å². The third-order valence-electron chi connectivity index (χ3n) is 6.46. The van der Waals surface area contributed by atoms with Crippen LogP contribution in [0.4, 0.5) is 0 Å². The Kier molecular flexibility index (Phi) is 12.6. The zero-order chi connectivity index (χ0) is 27.7. The summed E-state index contributed by atoms with van der Waals surface area (Å²) in [6.07, 6.45) is 1.52. The molecule has 10 nitrogen and oxygen atoms in total. The fourth-order valence-electron chi connectivity index (χ4n) is 4.51. The molecule has 2 aromatic rings. The van der Waals surface area contributed by atoms with Crippen LogP contribution in [-0.2, 0) is 29.6 Å². The molecule has 0 amide bonds. The van der Waals surface area contributed by atoms with Crippen LogP contribution in [0.1, 0.15) is 55.8 Å². The van der Waals surface area contributed by atoms with Crippen LogP contribution < -0.4 is 10.2 Å². The van der Waals surface area contributed by atoms with Crippen molar-refractivity contribution in [1.29, 1.82) is 0 Å². The Labute approximate surface area is 238 Å². The molecule has 2 N–H and O–H groups in total. The summed E-state index contributed by atoms with van der Waals surface area (Å²) in [5.74, 6) is -0.699. The van der Waals surface area contributed by atoms with E-state index in [0.29, 0.717) is 63.0 Å². The van der Waals surface area contributed by atoms with Gasteiger partial charge in [-0.15, -0.1) is 0 Å². The van der Waals surface area contributed by atoms with Crippen LogP contribution >= 0.6 is 0 Å². The molecule has 0 radical (unpaired) electrons. The first-order valence-corrected chi connectivity index (χ1v) is 12.6. The van der Waals surface area contributed by atoms with E-state index in [1.54, 1.807) is 24.3 Å².